The number of halogens is 2. The summed E-state index contributed by atoms with van der Waals surface area (Å²) in [5, 5.41) is 11.2. The number of hydrogen-bond acceptors (Lipinski definition) is 2. The highest BCUT2D eigenvalue weighted by atomic mass is 35.5. The second-order valence-corrected chi connectivity index (χ2v) is 6.22. The summed E-state index contributed by atoms with van der Waals surface area (Å²) in [5.41, 5.74) is -0.0361. The molecule has 2 saturated carbocycles. The van der Waals surface area contributed by atoms with Crippen LogP contribution < -0.4 is 4.74 Å². The average Bonchev–Trinajstić information content (AvgIpc) is 2.85. The highest BCUT2D eigenvalue weighted by Crippen LogP contribution is 2.55. The molecule has 2 unspecified atom stereocenters. The van der Waals surface area contributed by atoms with Gasteiger partial charge in [-0.05, 0) is 25.0 Å². The molecule has 2 aliphatic carbocycles. The minimum atomic E-state index is -0.219. The summed E-state index contributed by atoms with van der Waals surface area (Å²) < 4.78 is 5.99. The number of rotatable bonds is 2. The zero-order valence-electron chi connectivity index (χ0n) is 10.0. The summed E-state index contributed by atoms with van der Waals surface area (Å²) in [6.07, 6.45) is 5.02. The molecule has 1 N–H and O–H groups in total. The summed E-state index contributed by atoms with van der Waals surface area (Å²) in [6, 6.07) is 5.24. The van der Waals surface area contributed by atoms with Crippen LogP contribution in [-0.4, -0.2) is 17.3 Å². The van der Waals surface area contributed by atoms with Gasteiger partial charge in [0.15, 0.2) is 0 Å². The fourth-order valence-corrected chi connectivity index (χ4v) is 3.63. The van der Waals surface area contributed by atoms with Crippen LogP contribution in [-0.2, 0) is 0 Å². The highest BCUT2D eigenvalue weighted by Gasteiger charge is 2.57. The molecule has 4 heteroatoms. The summed E-state index contributed by atoms with van der Waals surface area (Å²) >= 11 is 12.1. The van der Waals surface area contributed by atoms with Gasteiger partial charge in [-0.1, -0.05) is 36.0 Å². The molecule has 0 saturated heterocycles. The Labute approximate surface area is 117 Å². The van der Waals surface area contributed by atoms with Crippen LogP contribution in [0.5, 0.6) is 5.75 Å². The molecular weight excluding hydrogens is 271 g/mol. The van der Waals surface area contributed by atoms with Gasteiger partial charge >= 0.3 is 0 Å². The lowest BCUT2D eigenvalue weighted by Gasteiger charge is -2.51. The fraction of sp³-hybridized carbons (Fsp3) is 0.571. The topological polar surface area (TPSA) is 29.5 Å². The van der Waals surface area contributed by atoms with E-state index in [-0.39, 0.29) is 17.6 Å². The van der Waals surface area contributed by atoms with Crippen molar-refractivity contribution in [3.05, 3.63) is 28.2 Å². The highest BCUT2D eigenvalue weighted by molar-refractivity contribution is 6.34. The van der Waals surface area contributed by atoms with E-state index in [2.05, 4.69) is 0 Å². The van der Waals surface area contributed by atoms with Crippen molar-refractivity contribution in [2.45, 2.75) is 44.3 Å². The van der Waals surface area contributed by atoms with E-state index in [1.807, 2.05) is 0 Å². The van der Waals surface area contributed by atoms with Gasteiger partial charge in [0, 0.05) is 22.9 Å². The van der Waals surface area contributed by atoms with Crippen LogP contribution in [0.15, 0.2) is 18.2 Å². The number of ether oxygens (including phenoxy) is 1. The molecular formula is C14H16Cl2O2. The molecule has 2 nitrogen and oxygen atoms in total. The minimum Gasteiger partial charge on any atom is -0.488 e. The maximum atomic E-state index is 10.0. The van der Waals surface area contributed by atoms with Gasteiger partial charge in [0.05, 0.1) is 11.1 Å². The van der Waals surface area contributed by atoms with Crippen LogP contribution in [0.3, 0.4) is 0 Å². The quantitative estimate of drug-likeness (QED) is 0.888. The molecule has 1 spiro atoms. The van der Waals surface area contributed by atoms with Crippen molar-refractivity contribution >= 4 is 23.2 Å². The molecule has 2 aliphatic rings. The largest absolute Gasteiger partial charge is 0.488 e. The molecule has 0 bridgehead atoms. The van der Waals surface area contributed by atoms with E-state index in [9.17, 15) is 5.11 Å². The Hall–Kier alpha value is -0.440. The summed E-state index contributed by atoms with van der Waals surface area (Å²) in [4.78, 5) is 0. The van der Waals surface area contributed by atoms with E-state index < -0.39 is 0 Å². The van der Waals surface area contributed by atoms with Crippen LogP contribution >= 0.6 is 23.2 Å². The first-order chi connectivity index (χ1) is 8.62. The normalized spacial score (nSPS) is 29.3. The summed E-state index contributed by atoms with van der Waals surface area (Å²) in [5.74, 6) is 0.632. The van der Waals surface area contributed by atoms with Gasteiger partial charge in [-0.15, -0.1) is 0 Å². The van der Waals surface area contributed by atoms with Crippen LogP contribution in [0, 0.1) is 5.41 Å². The van der Waals surface area contributed by atoms with Gasteiger partial charge in [-0.25, -0.2) is 0 Å². The fourth-order valence-electron chi connectivity index (χ4n) is 3.30. The molecule has 3 rings (SSSR count). The Balaban J connectivity index is 1.79. The molecule has 0 heterocycles. The molecule has 2 fully saturated rings. The second kappa shape index (κ2) is 4.59. The van der Waals surface area contributed by atoms with E-state index >= 15 is 0 Å². The van der Waals surface area contributed by atoms with Crippen molar-refractivity contribution < 1.29 is 9.84 Å². The number of aliphatic hydroxyl groups excluding tert-OH is 1. The molecule has 1 aromatic carbocycles. The lowest BCUT2D eigenvalue weighted by atomic mass is 9.62. The van der Waals surface area contributed by atoms with Crippen molar-refractivity contribution in [1.82, 2.24) is 0 Å². The molecule has 0 aliphatic heterocycles. The SMILES string of the molecule is OC1CC(Oc2cc(Cl)ccc2Cl)C12CCCC2. The van der Waals surface area contributed by atoms with Crippen LogP contribution in [0.1, 0.15) is 32.1 Å². The van der Waals surface area contributed by atoms with Crippen molar-refractivity contribution in [1.29, 1.82) is 0 Å². The standard InChI is InChI=1S/C14H16Cl2O2/c15-9-3-4-10(16)11(7-9)18-13-8-12(17)14(13)5-1-2-6-14/h3-4,7,12-13,17H,1-2,5-6,8H2. The van der Waals surface area contributed by atoms with Crippen LogP contribution in [0.2, 0.25) is 10.0 Å². The van der Waals surface area contributed by atoms with Crippen LogP contribution in [0.25, 0.3) is 0 Å². The molecule has 98 valence electrons. The molecule has 0 aromatic heterocycles. The third kappa shape index (κ3) is 1.91. The number of hydrogen-bond donors (Lipinski definition) is 1. The van der Waals surface area contributed by atoms with E-state index in [0.29, 0.717) is 22.2 Å². The minimum absolute atomic E-state index is 0.0361. The van der Waals surface area contributed by atoms with Gasteiger partial charge in [0.1, 0.15) is 11.9 Å². The third-order valence-corrected chi connectivity index (χ3v) is 4.99. The molecule has 0 amide bonds. The van der Waals surface area contributed by atoms with Crippen molar-refractivity contribution in [2.75, 3.05) is 0 Å². The smallest absolute Gasteiger partial charge is 0.139 e. The Morgan fingerprint density at radius 1 is 1.22 bits per heavy atom. The lowest BCUT2D eigenvalue weighted by molar-refractivity contribution is -0.151. The third-order valence-electron chi connectivity index (χ3n) is 4.44. The monoisotopic (exact) mass is 286 g/mol. The van der Waals surface area contributed by atoms with E-state index in [4.69, 9.17) is 27.9 Å². The Morgan fingerprint density at radius 2 is 1.94 bits per heavy atom. The maximum Gasteiger partial charge on any atom is 0.139 e. The van der Waals surface area contributed by atoms with Gasteiger partial charge in [-0.3, -0.25) is 0 Å². The van der Waals surface area contributed by atoms with Crippen molar-refractivity contribution in [3.8, 4) is 5.75 Å². The molecule has 18 heavy (non-hydrogen) atoms. The summed E-state index contributed by atoms with van der Waals surface area (Å²) in [6.45, 7) is 0. The summed E-state index contributed by atoms with van der Waals surface area (Å²) in [7, 11) is 0. The average molecular weight is 287 g/mol. The predicted octanol–water partition coefficient (Wildman–Crippen LogP) is 4.07. The molecule has 0 radical (unpaired) electrons. The van der Waals surface area contributed by atoms with Crippen molar-refractivity contribution in [3.63, 3.8) is 0 Å². The van der Waals surface area contributed by atoms with Gasteiger partial charge < -0.3 is 9.84 Å². The zero-order chi connectivity index (χ0) is 12.8. The van der Waals surface area contributed by atoms with Gasteiger partial charge in [-0.2, -0.15) is 0 Å². The maximum absolute atomic E-state index is 10.0. The van der Waals surface area contributed by atoms with Gasteiger partial charge in [0.25, 0.3) is 0 Å². The molecule has 1 aromatic rings. The lowest BCUT2D eigenvalue weighted by Crippen LogP contribution is -2.58. The first-order valence-corrected chi connectivity index (χ1v) is 7.17. The van der Waals surface area contributed by atoms with Crippen molar-refractivity contribution in [2.24, 2.45) is 5.41 Å². The first kappa shape index (κ1) is 12.6. The zero-order valence-corrected chi connectivity index (χ0v) is 11.5. The molecule has 2 atom stereocenters. The van der Waals surface area contributed by atoms with Gasteiger partial charge in [0.2, 0.25) is 0 Å². The van der Waals surface area contributed by atoms with Crippen LogP contribution in [0.4, 0.5) is 0 Å². The number of aliphatic hydroxyl groups is 1. The Kier molecular flexibility index (Phi) is 3.21. The second-order valence-electron chi connectivity index (χ2n) is 5.37. The predicted molar refractivity (Wildman–Crippen MR) is 72.4 cm³/mol. The first-order valence-electron chi connectivity index (χ1n) is 6.41. The Morgan fingerprint density at radius 3 is 2.61 bits per heavy atom. The van der Waals surface area contributed by atoms with E-state index in [1.165, 1.54) is 12.8 Å². The number of benzene rings is 1. The van der Waals surface area contributed by atoms with E-state index in [1.54, 1.807) is 18.2 Å². The Bertz CT molecular complexity index is 455. The van der Waals surface area contributed by atoms with E-state index in [0.717, 1.165) is 12.8 Å².